The summed E-state index contributed by atoms with van der Waals surface area (Å²) in [5.74, 6) is -0.400. The number of hydrazine groups is 1. The Morgan fingerprint density at radius 3 is 2.50 bits per heavy atom. The second-order valence-electron chi connectivity index (χ2n) is 5.42. The van der Waals surface area contributed by atoms with Crippen molar-refractivity contribution in [3.05, 3.63) is 65.5 Å². The molecular weight excluding hydrogens is 349 g/mol. The molecule has 2 aromatic rings. The van der Waals surface area contributed by atoms with Gasteiger partial charge in [-0.15, -0.1) is 0 Å². The number of aryl methyl sites for hydroxylation is 1. The molecule has 0 radical (unpaired) electrons. The molecule has 0 atom stereocenters. The minimum Gasteiger partial charge on any atom is -0.333 e. The number of benzene rings is 1. The molecule has 0 spiro atoms. The number of urea groups is 1. The Labute approximate surface area is 147 Å². The molecule has 0 fully saturated rings. The van der Waals surface area contributed by atoms with Gasteiger partial charge in [0.1, 0.15) is 0 Å². The molecule has 26 heavy (non-hydrogen) atoms. The Morgan fingerprint density at radius 1 is 1.04 bits per heavy atom. The molecule has 9 heteroatoms. The predicted octanol–water partition coefficient (Wildman–Crippen LogP) is 2.56. The number of aromatic nitrogens is 1. The van der Waals surface area contributed by atoms with E-state index in [4.69, 9.17) is 0 Å². The minimum atomic E-state index is -4.44. The Hall–Kier alpha value is -3.10. The summed E-state index contributed by atoms with van der Waals surface area (Å²) in [6.45, 7) is -0.110. The van der Waals surface area contributed by atoms with Gasteiger partial charge in [0.05, 0.1) is 5.56 Å². The third-order valence-corrected chi connectivity index (χ3v) is 3.39. The molecule has 0 saturated carbocycles. The molecule has 138 valence electrons. The highest BCUT2D eigenvalue weighted by molar-refractivity contribution is 5.81. The first-order chi connectivity index (χ1) is 12.3. The highest BCUT2D eigenvalue weighted by atomic mass is 19.4. The van der Waals surface area contributed by atoms with Crippen molar-refractivity contribution >= 4 is 11.9 Å². The molecule has 2 rings (SSSR count). The largest absolute Gasteiger partial charge is 0.416 e. The van der Waals surface area contributed by atoms with E-state index in [1.54, 1.807) is 18.5 Å². The van der Waals surface area contributed by atoms with E-state index in [1.807, 2.05) is 6.07 Å². The van der Waals surface area contributed by atoms with Crippen molar-refractivity contribution in [3.8, 4) is 0 Å². The van der Waals surface area contributed by atoms with Gasteiger partial charge in [0.25, 0.3) is 0 Å². The van der Waals surface area contributed by atoms with Crippen LogP contribution in [0, 0.1) is 0 Å². The molecule has 0 aliphatic rings. The summed E-state index contributed by atoms with van der Waals surface area (Å²) in [4.78, 5) is 27.2. The van der Waals surface area contributed by atoms with Gasteiger partial charge in [-0.2, -0.15) is 13.2 Å². The molecule has 0 aliphatic heterocycles. The Balaban J connectivity index is 1.71. The molecule has 1 heterocycles. The van der Waals surface area contributed by atoms with Gasteiger partial charge in [0.15, 0.2) is 0 Å². The van der Waals surface area contributed by atoms with Crippen LogP contribution in [0.1, 0.15) is 23.1 Å². The van der Waals surface area contributed by atoms with Crippen LogP contribution in [0.15, 0.2) is 48.8 Å². The third-order valence-electron chi connectivity index (χ3n) is 3.39. The zero-order valence-electron chi connectivity index (χ0n) is 13.6. The first-order valence-corrected chi connectivity index (χ1v) is 7.72. The Morgan fingerprint density at radius 2 is 1.81 bits per heavy atom. The number of hydrogen-bond acceptors (Lipinski definition) is 3. The fourth-order valence-electron chi connectivity index (χ4n) is 2.08. The smallest absolute Gasteiger partial charge is 0.333 e. The van der Waals surface area contributed by atoms with Crippen LogP contribution in [-0.4, -0.2) is 16.9 Å². The van der Waals surface area contributed by atoms with Gasteiger partial charge in [0.2, 0.25) is 5.91 Å². The summed E-state index contributed by atoms with van der Waals surface area (Å²) in [5, 5.41) is 2.36. The lowest BCUT2D eigenvalue weighted by atomic mass is 10.1. The van der Waals surface area contributed by atoms with Gasteiger partial charge < -0.3 is 5.32 Å². The molecule has 0 bridgehead atoms. The number of pyridine rings is 1. The van der Waals surface area contributed by atoms with Gasteiger partial charge >= 0.3 is 12.2 Å². The molecular formula is C17H17F3N4O2. The number of halogens is 3. The van der Waals surface area contributed by atoms with Gasteiger partial charge in [-0.25, -0.2) is 10.2 Å². The SMILES string of the molecule is O=C(CCc1cccnc1)NNC(=O)NCc1cccc(C(F)(F)F)c1. The molecule has 0 unspecified atom stereocenters. The average molecular weight is 366 g/mol. The van der Waals surface area contributed by atoms with Gasteiger partial charge in [-0.1, -0.05) is 18.2 Å². The van der Waals surface area contributed by atoms with Gasteiger partial charge in [0, 0.05) is 25.4 Å². The normalized spacial score (nSPS) is 10.9. The predicted molar refractivity (Wildman–Crippen MR) is 87.5 cm³/mol. The molecule has 1 aromatic heterocycles. The highest BCUT2D eigenvalue weighted by Gasteiger charge is 2.30. The fourth-order valence-corrected chi connectivity index (χ4v) is 2.08. The van der Waals surface area contributed by atoms with Crippen molar-refractivity contribution < 1.29 is 22.8 Å². The lowest BCUT2D eigenvalue weighted by Gasteiger charge is -2.11. The first-order valence-electron chi connectivity index (χ1n) is 7.72. The van der Waals surface area contributed by atoms with Crippen molar-refractivity contribution in [1.29, 1.82) is 0 Å². The maximum Gasteiger partial charge on any atom is 0.416 e. The number of amides is 3. The third kappa shape index (κ3) is 6.42. The van der Waals surface area contributed by atoms with Gasteiger partial charge in [-0.3, -0.25) is 15.2 Å². The Kier molecular flexibility index (Phi) is 6.54. The van der Waals surface area contributed by atoms with E-state index in [1.165, 1.54) is 12.1 Å². The summed E-state index contributed by atoms with van der Waals surface area (Å²) in [6, 6.07) is 7.48. The number of carbonyl (C=O) groups excluding carboxylic acids is 2. The fraction of sp³-hybridized carbons (Fsp3) is 0.235. The monoisotopic (exact) mass is 366 g/mol. The van der Waals surface area contributed by atoms with Crippen LogP contribution in [0.25, 0.3) is 0 Å². The molecule has 0 aliphatic carbocycles. The van der Waals surface area contributed by atoms with Crippen LogP contribution in [-0.2, 0) is 23.9 Å². The number of hydrogen-bond donors (Lipinski definition) is 3. The van der Waals surface area contributed by atoms with Crippen molar-refractivity contribution in [1.82, 2.24) is 21.2 Å². The summed E-state index contributed by atoms with van der Waals surface area (Å²) >= 11 is 0. The van der Waals surface area contributed by atoms with E-state index in [-0.39, 0.29) is 18.5 Å². The number of nitrogens with one attached hydrogen (secondary N) is 3. The lowest BCUT2D eigenvalue weighted by molar-refractivity contribution is -0.137. The van der Waals surface area contributed by atoms with Crippen LogP contribution in [0.5, 0.6) is 0 Å². The van der Waals surface area contributed by atoms with Crippen molar-refractivity contribution in [3.63, 3.8) is 0 Å². The lowest BCUT2D eigenvalue weighted by Crippen LogP contribution is -2.46. The summed E-state index contributed by atoms with van der Waals surface area (Å²) in [5.41, 5.74) is 4.75. The first kappa shape index (κ1) is 19.2. The second kappa shape index (κ2) is 8.84. The maximum atomic E-state index is 12.6. The quantitative estimate of drug-likeness (QED) is 0.711. The summed E-state index contributed by atoms with van der Waals surface area (Å²) < 4.78 is 37.9. The summed E-state index contributed by atoms with van der Waals surface area (Å²) in [7, 11) is 0. The maximum absolute atomic E-state index is 12.6. The van der Waals surface area contributed by atoms with E-state index in [9.17, 15) is 22.8 Å². The van der Waals surface area contributed by atoms with Gasteiger partial charge in [-0.05, 0) is 35.7 Å². The van der Waals surface area contributed by atoms with E-state index >= 15 is 0 Å². The zero-order chi connectivity index (χ0) is 19.0. The number of carbonyl (C=O) groups is 2. The van der Waals surface area contributed by atoms with E-state index in [2.05, 4.69) is 21.2 Å². The molecule has 0 saturated heterocycles. The van der Waals surface area contributed by atoms with E-state index in [0.29, 0.717) is 6.42 Å². The highest BCUT2D eigenvalue weighted by Crippen LogP contribution is 2.29. The minimum absolute atomic E-state index is 0.110. The average Bonchev–Trinajstić information content (AvgIpc) is 2.63. The standard InChI is InChI=1S/C17H17F3N4O2/c18-17(19,20)14-5-1-3-13(9-14)11-22-16(26)24-23-15(25)7-6-12-4-2-8-21-10-12/h1-5,8-10H,6-7,11H2,(H,23,25)(H2,22,24,26). The van der Waals surface area contributed by atoms with Crippen LogP contribution in [0.2, 0.25) is 0 Å². The number of nitrogens with zero attached hydrogens (tertiary/aromatic N) is 1. The zero-order valence-corrected chi connectivity index (χ0v) is 13.6. The molecule has 3 amide bonds. The Bertz CT molecular complexity index is 751. The van der Waals surface area contributed by atoms with Crippen molar-refractivity contribution in [2.75, 3.05) is 0 Å². The van der Waals surface area contributed by atoms with E-state index < -0.39 is 23.7 Å². The van der Waals surface area contributed by atoms with Crippen LogP contribution in [0.4, 0.5) is 18.0 Å². The second-order valence-corrected chi connectivity index (χ2v) is 5.42. The van der Waals surface area contributed by atoms with E-state index in [0.717, 1.165) is 17.7 Å². The molecule has 6 nitrogen and oxygen atoms in total. The number of rotatable bonds is 5. The molecule has 3 N–H and O–H groups in total. The van der Waals surface area contributed by atoms with Crippen LogP contribution < -0.4 is 16.2 Å². The number of alkyl halides is 3. The summed E-state index contributed by atoms with van der Waals surface area (Å²) in [6.07, 6.45) is -0.560. The van der Waals surface area contributed by atoms with Crippen LogP contribution >= 0.6 is 0 Å². The van der Waals surface area contributed by atoms with Crippen molar-refractivity contribution in [2.45, 2.75) is 25.6 Å². The van der Waals surface area contributed by atoms with Crippen molar-refractivity contribution in [2.24, 2.45) is 0 Å². The molecule has 1 aromatic carbocycles. The topological polar surface area (TPSA) is 83.1 Å². The van der Waals surface area contributed by atoms with Crippen LogP contribution in [0.3, 0.4) is 0 Å².